The lowest BCUT2D eigenvalue weighted by atomic mass is 10.2. The number of hydrogen-bond acceptors (Lipinski definition) is 4. The number of para-hydroxylation sites is 2. The van der Waals surface area contributed by atoms with E-state index in [2.05, 4.69) is 5.10 Å². The van der Waals surface area contributed by atoms with Crippen LogP contribution in [0.4, 0.5) is 5.69 Å². The quantitative estimate of drug-likeness (QED) is 0.662. The first-order chi connectivity index (χ1) is 8.68. The largest absolute Gasteiger partial charge is 0.294 e. The minimum Gasteiger partial charge on any atom is -0.294 e. The van der Waals surface area contributed by atoms with Gasteiger partial charge in [0.05, 0.1) is 16.2 Å². The molecule has 3 rings (SSSR count). The van der Waals surface area contributed by atoms with Gasteiger partial charge in [0.2, 0.25) is 0 Å². The second kappa shape index (κ2) is 4.02. The molecule has 0 fully saturated rings. The van der Waals surface area contributed by atoms with Crippen LogP contribution in [0.25, 0.3) is 5.69 Å². The molecule has 0 atom stereocenters. The van der Waals surface area contributed by atoms with Crippen LogP contribution < -0.4 is 5.56 Å². The summed E-state index contributed by atoms with van der Waals surface area (Å²) in [5, 5.41) is 13.9. The number of H-pyrrole nitrogens is 1. The van der Waals surface area contributed by atoms with Gasteiger partial charge in [0.15, 0.2) is 0 Å². The fraction of sp³-hybridized carbons (Fsp3) is 0.182. The third-order valence-electron chi connectivity index (χ3n) is 2.88. The molecule has 2 heterocycles. The highest BCUT2D eigenvalue weighted by Gasteiger charge is 2.23. The minimum atomic E-state index is -0.484. The maximum absolute atomic E-state index is 12.1. The molecule has 0 aliphatic carbocycles. The van der Waals surface area contributed by atoms with Crippen molar-refractivity contribution in [2.75, 3.05) is 0 Å². The Kier molecular flexibility index (Phi) is 2.48. The fourth-order valence-electron chi connectivity index (χ4n) is 2.02. The molecule has 1 aromatic carbocycles. The summed E-state index contributed by atoms with van der Waals surface area (Å²) >= 11 is 1.66. The Bertz CT molecular complexity index is 689. The van der Waals surface area contributed by atoms with E-state index in [0.717, 1.165) is 17.0 Å². The van der Waals surface area contributed by atoms with Gasteiger partial charge in [-0.05, 0) is 6.07 Å². The van der Waals surface area contributed by atoms with Crippen molar-refractivity contribution in [3.8, 4) is 5.69 Å². The molecule has 6 nitrogen and oxygen atoms in total. The molecule has 2 aromatic rings. The lowest BCUT2D eigenvalue weighted by molar-refractivity contribution is -0.384. The van der Waals surface area contributed by atoms with Gasteiger partial charge < -0.3 is 0 Å². The average molecular weight is 263 g/mol. The molecule has 0 radical (unpaired) electrons. The lowest BCUT2D eigenvalue weighted by Gasteiger charge is -2.03. The Morgan fingerprint density at radius 1 is 1.33 bits per heavy atom. The number of thioether (sulfide) groups is 1. The Hall–Kier alpha value is -2.02. The lowest BCUT2D eigenvalue weighted by Crippen LogP contribution is -2.17. The van der Waals surface area contributed by atoms with E-state index in [-0.39, 0.29) is 16.9 Å². The first-order valence-corrected chi connectivity index (χ1v) is 6.48. The number of fused-ring (bicyclic) bond motifs is 1. The number of rotatable bonds is 2. The van der Waals surface area contributed by atoms with Crippen molar-refractivity contribution in [2.24, 2.45) is 0 Å². The average Bonchev–Trinajstić information content (AvgIpc) is 2.93. The molecule has 0 amide bonds. The number of nitro benzene ring substituents is 1. The predicted octanol–water partition coefficient (Wildman–Crippen LogP) is 1.82. The van der Waals surface area contributed by atoms with Gasteiger partial charge >= 0.3 is 0 Å². The predicted molar refractivity (Wildman–Crippen MR) is 68.0 cm³/mol. The smallest absolute Gasteiger partial charge is 0.294 e. The van der Waals surface area contributed by atoms with Crippen molar-refractivity contribution < 1.29 is 4.92 Å². The van der Waals surface area contributed by atoms with Crippen LogP contribution in [0.1, 0.15) is 11.3 Å². The van der Waals surface area contributed by atoms with E-state index in [1.807, 2.05) is 0 Å². The van der Waals surface area contributed by atoms with Gasteiger partial charge in [-0.25, -0.2) is 4.68 Å². The number of hydrogen-bond donors (Lipinski definition) is 1. The van der Waals surface area contributed by atoms with Gasteiger partial charge in [0.1, 0.15) is 5.69 Å². The van der Waals surface area contributed by atoms with Gasteiger partial charge in [-0.1, -0.05) is 12.1 Å². The second-order valence-electron chi connectivity index (χ2n) is 3.95. The number of aromatic nitrogens is 2. The highest BCUT2D eigenvalue weighted by molar-refractivity contribution is 7.98. The van der Waals surface area contributed by atoms with Crippen molar-refractivity contribution in [3.05, 3.63) is 56.0 Å². The molecule has 0 saturated heterocycles. The Morgan fingerprint density at radius 2 is 2.11 bits per heavy atom. The van der Waals surface area contributed by atoms with Crippen LogP contribution in [0.15, 0.2) is 29.1 Å². The molecule has 1 N–H and O–H groups in total. The standard InChI is InChI=1S/C11H9N3O3S/c15-11-7-5-18-6-8(7)12-13(11)9-3-1-2-4-10(9)14(16)17/h1-4,12H,5-6H2. The van der Waals surface area contributed by atoms with Gasteiger partial charge in [-0.15, -0.1) is 0 Å². The summed E-state index contributed by atoms with van der Waals surface area (Å²) in [6, 6.07) is 6.22. The maximum Gasteiger partial charge on any atom is 0.294 e. The number of nitro groups is 1. The van der Waals surface area contributed by atoms with E-state index in [4.69, 9.17) is 0 Å². The Labute approximate surface area is 106 Å². The first-order valence-electron chi connectivity index (χ1n) is 5.33. The number of nitrogens with zero attached hydrogens (tertiary/aromatic N) is 2. The van der Waals surface area contributed by atoms with Crippen LogP contribution >= 0.6 is 11.8 Å². The molecule has 1 aliphatic rings. The van der Waals surface area contributed by atoms with Crippen molar-refractivity contribution in [1.82, 2.24) is 9.78 Å². The monoisotopic (exact) mass is 263 g/mol. The third kappa shape index (κ3) is 1.55. The number of nitrogens with one attached hydrogen (secondary N) is 1. The molecule has 0 saturated carbocycles. The zero-order valence-corrected chi connectivity index (χ0v) is 10.1. The van der Waals surface area contributed by atoms with Gasteiger partial charge in [0, 0.05) is 17.6 Å². The molecule has 7 heteroatoms. The fourth-order valence-corrected chi connectivity index (χ4v) is 3.06. The highest BCUT2D eigenvalue weighted by atomic mass is 32.2. The molecule has 18 heavy (non-hydrogen) atoms. The SMILES string of the molecule is O=c1c2c([nH]n1-c1ccccc1[N+](=O)[O-])CSC2. The van der Waals surface area contributed by atoms with E-state index in [1.165, 1.54) is 10.7 Å². The van der Waals surface area contributed by atoms with Crippen molar-refractivity contribution in [1.29, 1.82) is 0 Å². The summed E-state index contributed by atoms with van der Waals surface area (Å²) in [6.07, 6.45) is 0. The topological polar surface area (TPSA) is 80.9 Å². The minimum absolute atomic E-state index is 0.0767. The molecular weight excluding hydrogens is 254 g/mol. The van der Waals surface area contributed by atoms with E-state index < -0.39 is 4.92 Å². The maximum atomic E-state index is 12.1. The summed E-state index contributed by atoms with van der Waals surface area (Å²) in [4.78, 5) is 22.6. The normalized spacial score (nSPS) is 13.6. The highest BCUT2D eigenvalue weighted by Crippen LogP contribution is 2.28. The Balaban J connectivity index is 2.22. The van der Waals surface area contributed by atoms with Gasteiger partial charge in [-0.3, -0.25) is 20.0 Å². The number of aromatic amines is 1. The molecule has 0 unspecified atom stereocenters. The van der Waals surface area contributed by atoms with Crippen LogP contribution in [0, 0.1) is 10.1 Å². The third-order valence-corrected chi connectivity index (χ3v) is 3.87. The van der Waals surface area contributed by atoms with Crippen LogP contribution in [0.3, 0.4) is 0 Å². The molecule has 0 bridgehead atoms. The molecule has 0 spiro atoms. The summed E-state index contributed by atoms with van der Waals surface area (Å²) in [5.41, 5.74) is 1.60. The van der Waals surface area contributed by atoms with E-state index in [9.17, 15) is 14.9 Å². The summed E-state index contributed by atoms with van der Waals surface area (Å²) in [7, 11) is 0. The molecule has 1 aromatic heterocycles. The van der Waals surface area contributed by atoms with E-state index in [0.29, 0.717) is 5.75 Å². The zero-order valence-electron chi connectivity index (χ0n) is 9.25. The van der Waals surface area contributed by atoms with Gasteiger partial charge in [0.25, 0.3) is 11.2 Å². The van der Waals surface area contributed by atoms with Crippen LogP contribution in [0.2, 0.25) is 0 Å². The summed E-state index contributed by atoms with van der Waals surface area (Å²) in [6.45, 7) is 0. The van der Waals surface area contributed by atoms with Crippen molar-refractivity contribution >= 4 is 17.4 Å². The summed E-state index contributed by atoms with van der Waals surface area (Å²) < 4.78 is 1.27. The zero-order chi connectivity index (χ0) is 12.7. The first kappa shape index (κ1) is 11.1. The second-order valence-corrected chi connectivity index (χ2v) is 4.93. The molecule has 92 valence electrons. The Morgan fingerprint density at radius 3 is 2.83 bits per heavy atom. The van der Waals surface area contributed by atoms with E-state index >= 15 is 0 Å². The molecule has 1 aliphatic heterocycles. The van der Waals surface area contributed by atoms with Crippen LogP contribution in [-0.2, 0) is 11.5 Å². The summed E-state index contributed by atoms with van der Waals surface area (Å²) in [5.74, 6) is 1.41. The van der Waals surface area contributed by atoms with Crippen molar-refractivity contribution in [3.63, 3.8) is 0 Å². The van der Waals surface area contributed by atoms with Crippen LogP contribution in [0.5, 0.6) is 0 Å². The molecular formula is C11H9N3O3S. The van der Waals surface area contributed by atoms with Crippen molar-refractivity contribution in [2.45, 2.75) is 11.5 Å². The number of benzene rings is 1. The van der Waals surface area contributed by atoms with E-state index in [1.54, 1.807) is 30.0 Å². The van der Waals surface area contributed by atoms with Gasteiger partial charge in [-0.2, -0.15) is 11.8 Å². The van der Waals surface area contributed by atoms with Crippen LogP contribution in [-0.4, -0.2) is 14.7 Å².